The van der Waals surface area contributed by atoms with E-state index in [1.165, 1.54) is 47.4 Å². The highest BCUT2D eigenvalue weighted by Crippen LogP contribution is 2.30. The van der Waals surface area contributed by atoms with Gasteiger partial charge in [-0.3, -0.25) is 24.5 Å². The van der Waals surface area contributed by atoms with Gasteiger partial charge in [-0.25, -0.2) is 4.98 Å². The van der Waals surface area contributed by atoms with E-state index in [4.69, 9.17) is 0 Å². The van der Waals surface area contributed by atoms with E-state index in [1.54, 1.807) is 60.7 Å². The molecule has 0 unspecified atom stereocenters. The Morgan fingerprint density at radius 1 is 0.870 bits per heavy atom. The highest BCUT2D eigenvalue weighted by Gasteiger charge is 2.19. The molecule has 5 rings (SSSR count). The van der Waals surface area contributed by atoms with Crippen molar-refractivity contribution < 1.29 is 19.3 Å². The lowest BCUT2D eigenvalue weighted by atomic mass is 10.1. The second kappa shape index (κ2) is 14.9. The average Bonchev–Trinajstić information content (AvgIpc) is 3.44. The molecule has 230 valence electrons. The third-order valence-electron chi connectivity index (χ3n) is 6.53. The number of nitrogens with zero attached hydrogens (tertiary/aromatic N) is 2. The van der Waals surface area contributed by atoms with Gasteiger partial charge in [0.15, 0.2) is 5.13 Å². The predicted octanol–water partition coefficient (Wildman–Crippen LogP) is 7.17. The van der Waals surface area contributed by atoms with Crippen molar-refractivity contribution >= 4 is 63.4 Å². The second-order valence-corrected chi connectivity index (χ2v) is 12.1. The van der Waals surface area contributed by atoms with E-state index in [0.29, 0.717) is 16.4 Å². The maximum Gasteiger partial charge on any atom is 0.276 e. The van der Waals surface area contributed by atoms with Gasteiger partial charge in [-0.1, -0.05) is 60.7 Å². The standard InChI is InChI=1S/C34H27N5O5S2/c1-22-31(23-10-4-2-5-11-23)38-34(46-22)37-30(40)21-45-27-18-16-26(17-19-27)35-33(42)28(36-32(41)24-12-6-3-7-13-24)20-25-14-8-9-15-29(25)39(43)44/h2-20H,21H2,1H3,(H,35,42)(H,36,41)(H,37,38,40)/b28-20-. The van der Waals surface area contributed by atoms with Gasteiger partial charge in [-0.05, 0) is 55.5 Å². The highest BCUT2D eigenvalue weighted by atomic mass is 32.2. The van der Waals surface area contributed by atoms with Crippen LogP contribution in [0.25, 0.3) is 17.3 Å². The summed E-state index contributed by atoms with van der Waals surface area (Å²) < 4.78 is 0. The van der Waals surface area contributed by atoms with Crippen LogP contribution >= 0.6 is 23.1 Å². The fourth-order valence-corrected chi connectivity index (χ4v) is 5.88. The number of anilines is 2. The maximum atomic E-state index is 13.3. The first-order chi connectivity index (χ1) is 22.3. The molecule has 0 saturated carbocycles. The molecule has 4 aromatic carbocycles. The zero-order valence-electron chi connectivity index (χ0n) is 24.4. The monoisotopic (exact) mass is 649 g/mol. The first-order valence-corrected chi connectivity index (χ1v) is 15.8. The summed E-state index contributed by atoms with van der Waals surface area (Å²) in [6.07, 6.45) is 1.27. The molecule has 0 bridgehead atoms. The van der Waals surface area contributed by atoms with E-state index < -0.39 is 16.7 Å². The molecule has 0 radical (unpaired) electrons. The summed E-state index contributed by atoms with van der Waals surface area (Å²) in [5.41, 5.74) is 2.33. The van der Waals surface area contributed by atoms with Crippen LogP contribution in [-0.4, -0.2) is 33.4 Å². The second-order valence-electron chi connectivity index (χ2n) is 9.80. The molecule has 5 aromatic rings. The fourth-order valence-electron chi connectivity index (χ4n) is 4.32. The molecule has 1 heterocycles. The Bertz CT molecular complexity index is 1910. The Morgan fingerprint density at radius 2 is 1.52 bits per heavy atom. The number of carbonyl (C=O) groups excluding carboxylic acids is 3. The van der Waals surface area contributed by atoms with Gasteiger partial charge in [0, 0.05) is 32.7 Å². The number of benzene rings is 4. The zero-order chi connectivity index (χ0) is 32.5. The van der Waals surface area contributed by atoms with Crippen molar-refractivity contribution in [1.82, 2.24) is 10.3 Å². The molecule has 0 aliphatic carbocycles. The summed E-state index contributed by atoms with van der Waals surface area (Å²) in [6, 6.07) is 30.8. The van der Waals surface area contributed by atoms with Crippen molar-refractivity contribution in [3.8, 4) is 11.3 Å². The van der Waals surface area contributed by atoms with Crippen LogP contribution in [-0.2, 0) is 9.59 Å². The summed E-state index contributed by atoms with van der Waals surface area (Å²) in [5, 5.41) is 20.3. The minimum absolute atomic E-state index is 0.152. The summed E-state index contributed by atoms with van der Waals surface area (Å²) in [5.74, 6) is -1.26. The van der Waals surface area contributed by atoms with Crippen LogP contribution in [0.3, 0.4) is 0 Å². The molecule has 0 spiro atoms. The number of hydrogen-bond acceptors (Lipinski definition) is 8. The molecule has 0 atom stereocenters. The Morgan fingerprint density at radius 3 is 2.22 bits per heavy atom. The quantitative estimate of drug-likeness (QED) is 0.0596. The lowest BCUT2D eigenvalue weighted by molar-refractivity contribution is -0.385. The van der Waals surface area contributed by atoms with Crippen LogP contribution in [0.4, 0.5) is 16.5 Å². The Kier molecular flexibility index (Phi) is 10.3. The lowest BCUT2D eigenvalue weighted by Gasteiger charge is -2.12. The van der Waals surface area contributed by atoms with Gasteiger partial charge in [-0.2, -0.15) is 0 Å². The molecule has 0 fully saturated rings. The Balaban J connectivity index is 1.23. The first kappa shape index (κ1) is 31.8. The summed E-state index contributed by atoms with van der Waals surface area (Å²) in [7, 11) is 0. The topological polar surface area (TPSA) is 143 Å². The minimum Gasteiger partial charge on any atom is -0.321 e. The molecule has 10 nitrogen and oxygen atoms in total. The van der Waals surface area contributed by atoms with E-state index in [1.807, 2.05) is 37.3 Å². The number of rotatable bonds is 11. The zero-order valence-corrected chi connectivity index (χ0v) is 26.1. The number of hydrogen-bond donors (Lipinski definition) is 3. The van der Waals surface area contributed by atoms with E-state index in [-0.39, 0.29) is 28.6 Å². The van der Waals surface area contributed by atoms with E-state index in [2.05, 4.69) is 20.9 Å². The van der Waals surface area contributed by atoms with Gasteiger partial charge < -0.3 is 16.0 Å². The minimum atomic E-state index is -0.671. The van der Waals surface area contributed by atoms with Crippen molar-refractivity contribution in [3.63, 3.8) is 0 Å². The molecule has 3 N–H and O–H groups in total. The lowest BCUT2D eigenvalue weighted by Crippen LogP contribution is -2.30. The number of amides is 3. The van der Waals surface area contributed by atoms with Crippen LogP contribution < -0.4 is 16.0 Å². The van der Waals surface area contributed by atoms with Crippen LogP contribution in [0.15, 0.2) is 120 Å². The van der Waals surface area contributed by atoms with Gasteiger partial charge in [0.25, 0.3) is 17.5 Å². The van der Waals surface area contributed by atoms with E-state index >= 15 is 0 Å². The van der Waals surface area contributed by atoms with Gasteiger partial charge in [0.1, 0.15) is 5.70 Å². The number of aryl methyl sites for hydroxylation is 1. The number of thiazole rings is 1. The summed E-state index contributed by atoms with van der Waals surface area (Å²) in [4.78, 5) is 56.2. The largest absolute Gasteiger partial charge is 0.321 e. The molecule has 0 aliphatic rings. The van der Waals surface area contributed by atoms with Crippen LogP contribution in [0.5, 0.6) is 0 Å². The van der Waals surface area contributed by atoms with Crippen LogP contribution in [0.2, 0.25) is 0 Å². The van der Waals surface area contributed by atoms with Gasteiger partial charge in [-0.15, -0.1) is 23.1 Å². The molecule has 12 heteroatoms. The first-order valence-electron chi connectivity index (χ1n) is 14.0. The number of nitro groups is 1. The van der Waals surface area contributed by atoms with Crippen LogP contribution in [0.1, 0.15) is 20.8 Å². The van der Waals surface area contributed by atoms with Gasteiger partial charge >= 0.3 is 0 Å². The molecule has 3 amide bonds. The number of thioether (sulfide) groups is 1. The molecule has 0 saturated heterocycles. The Labute approximate surface area is 272 Å². The van der Waals surface area contributed by atoms with Crippen molar-refractivity contribution in [2.45, 2.75) is 11.8 Å². The van der Waals surface area contributed by atoms with Crippen molar-refractivity contribution in [3.05, 3.63) is 141 Å². The number of aromatic nitrogens is 1. The van der Waals surface area contributed by atoms with Gasteiger partial charge in [0.2, 0.25) is 5.91 Å². The van der Waals surface area contributed by atoms with Crippen molar-refractivity contribution in [2.24, 2.45) is 0 Å². The number of nitro benzene ring substituents is 1. The number of nitrogens with one attached hydrogen (secondary N) is 3. The highest BCUT2D eigenvalue weighted by molar-refractivity contribution is 8.00. The molecule has 0 aliphatic heterocycles. The maximum absolute atomic E-state index is 13.3. The molecular weight excluding hydrogens is 623 g/mol. The third kappa shape index (κ3) is 8.31. The summed E-state index contributed by atoms with van der Waals surface area (Å²) >= 11 is 2.74. The molecule has 1 aromatic heterocycles. The third-order valence-corrected chi connectivity index (χ3v) is 8.43. The van der Waals surface area contributed by atoms with Crippen molar-refractivity contribution in [2.75, 3.05) is 16.4 Å². The molecular formula is C34H27N5O5S2. The van der Waals surface area contributed by atoms with E-state index in [9.17, 15) is 24.5 Å². The van der Waals surface area contributed by atoms with Gasteiger partial charge in [0.05, 0.1) is 21.9 Å². The smallest absolute Gasteiger partial charge is 0.276 e. The fraction of sp³-hybridized carbons (Fsp3) is 0.0588. The normalized spacial score (nSPS) is 11.0. The number of para-hydroxylation sites is 1. The van der Waals surface area contributed by atoms with Crippen molar-refractivity contribution in [1.29, 1.82) is 0 Å². The number of carbonyl (C=O) groups is 3. The summed E-state index contributed by atoms with van der Waals surface area (Å²) in [6.45, 7) is 1.96. The van der Waals surface area contributed by atoms with E-state index in [0.717, 1.165) is 21.0 Å². The van der Waals surface area contributed by atoms with Crippen LogP contribution in [0, 0.1) is 17.0 Å². The predicted molar refractivity (Wildman–Crippen MR) is 182 cm³/mol. The Hall–Kier alpha value is -5.59. The average molecular weight is 650 g/mol. The molecule has 46 heavy (non-hydrogen) atoms. The SMILES string of the molecule is Cc1sc(NC(=O)CSc2ccc(NC(=O)/C(=C/c3ccccc3[N+](=O)[O-])NC(=O)c3ccccc3)cc2)nc1-c1ccccc1.